The molecule has 3 rings (SSSR count). The van der Waals surface area contributed by atoms with Gasteiger partial charge in [0, 0.05) is 17.3 Å². The Balaban J connectivity index is 1.90. The second-order valence-corrected chi connectivity index (χ2v) is 13.0. The molecule has 0 unspecified atom stereocenters. The maximum atomic E-state index is 13.8. The summed E-state index contributed by atoms with van der Waals surface area (Å²) in [6.07, 6.45) is -2.27. The van der Waals surface area contributed by atoms with Crippen molar-refractivity contribution in [1.82, 2.24) is 0 Å². The maximum Gasteiger partial charge on any atom is 0.255 e. The molecule has 1 aliphatic carbocycles. The Labute approximate surface area is 226 Å². The van der Waals surface area contributed by atoms with Gasteiger partial charge in [-0.3, -0.25) is 4.79 Å². The summed E-state index contributed by atoms with van der Waals surface area (Å²) in [5.74, 6) is -4.60. The lowest BCUT2D eigenvalue weighted by Crippen LogP contribution is -2.62. The molecule has 0 aliphatic heterocycles. The van der Waals surface area contributed by atoms with Crippen molar-refractivity contribution in [3.05, 3.63) is 58.6 Å². The average molecular weight is 574 g/mol. The first-order chi connectivity index (χ1) is 17.6. The van der Waals surface area contributed by atoms with Crippen molar-refractivity contribution in [3.8, 4) is 0 Å². The summed E-state index contributed by atoms with van der Waals surface area (Å²) in [5, 5.41) is 34.3. The molecule has 0 spiro atoms. The molecule has 38 heavy (non-hydrogen) atoms. The van der Waals surface area contributed by atoms with Crippen LogP contribution in [0.3, 0.4) is 0 Å². The summed E-state index contributed by atoms with van der Waals surface area (Å²) >= 11 is 6.27. The van der Waals surface area contributed by atoms with Gasteiger partial charge in [0.2, 0.25) is 0 Å². The Morgan fingerprint density at radius 2 is 1.79 bits per heavy atom. The molecule has 0 aromatic heterocycles. The first-order valence-electron chi connectivity index (χ1n) is 12.5. The molecule has 210 valence electrons. The van der Waals surface area contributed by atoms with Crippen molar-refractivity contribution < 1.29 is 37.3 Å². The fourth-order valence-electron chi connectivity index (χ4n) is 5.33. The topological polar surface area (TPSA) is 124 Å². The molecule has 4 N–H and O–H groups in total. The van der Waals surface area contributed by atoms with Crippen LogP contribution in [0.5, 0.6) is 0 Å². The zero-order chi connectivity index (χ0) is 28.6. The number of nitrogens with one attached hydrogen (secondary N) is 1. The van der Waals surface area contributed by atoms with E-state index in [1.165, 1.54) is 18.2 Å². The number of halogens is 3. The van der Waals surface area contributed by atoms with Crippen LogP contribution in [-0.2, 0) is 9.84 Å². The van der Waals surface area contributed by atoms with E-state index in [1.54, 1.807) is 27.7 Å². The summed E-state index contributed by atoms with van der Waals surface area (Å²) in [6.45, 7) is 6.86. The highest BCUT2D eigenvalue weighted by molar-refractivity contribution is 7.92. The minimum atomic E-state index is -4.10. The van der Waals surface area contributed by atoms with Crippen LogP contribution in [0.2, 0.25) is 5.02 Å². The highest BCUT2D eigenvalue weighted by atomic mass is 35.5. The molecule has 0 saturated heterocycles. The van der Waals surface area contributed by atoms with E-state index in [4.69, 9.17) is 11.6 Å². The number of rotatable bonds is 8. The molecule has 1 saturated carbocycles. The van der Waals surface area contributed by atoms with E-state index >= 15 is 0 Å². The summed E-state index contributed by atoms with van der Waals surface area (Å²) in [4.78, 5) is 12.5. The molecule has 0 heterocycles. The number of carbonyl (C=O) groups is 1. The molecule has 0 bridgehead atoms. The van der Waals surface area contributed by atoms with Gasteiger partial charge in [-0.2, -0.15) is 0 Å². The van der Waals surface area contributed by atoms with Gasteiger partial charge >= 0.3 is 0 Å². The first kappa shape index (κ1) is 30.4. The number of hydrogen-bond donors (Lipinski definition) is 4. The first-order valence-corrected chi connectivity index (χ1v) is 14.4. The summed E-state index contributed by atoms with van der Waals surface area (Å²) in [7, 11) is -4.10. The summed E-state index contributed by atoms with van der Waals surface area (Å²) in [5.41, 5.74) is -1.76. The van der Waals surface area contributed by atoms with Crippen LogP contribution < -0.4 is 5.32 Å². The standard InChI is InChI=1S/C27H34ClF2NO6S/c1-5-17-12-19(10-15(4)27(17,35)25(33)24(32)14(2)3)38(36,37)23-11-16(6-8-20(23)28)26(34)31-18-7-9-21(29)22(30)13-18/h6-9,11,13-15,17,19,24-25,32-33,35H,5,10,12H2,1-4H3,(H,31,34)/t15-,17+,19-,24-,25+,27-/m0/s1. The molecular weight excluding hydrogens is 540 g/mol. The van der Waals surface area contributed by atoms with Gasteiger partial charge in [0.15, 0.2) is 21.5 Å². The second kappa shape index (κ2) is 11.6. The van der Waals surface area contributed by atoms with E-state index in [0.717, 1.165) is 18.2 Å². The number of amides is 1. The zero-order valence-corrected chi connectivity index (χ0v) is 23.2. The van der Waals surface area contributed by atoms with Crippen molar-refractivity contribution in [3.63, 3.8) is 0 Å². The minimum absolute atomic E-state index is 0.00117. The van der Waals surface area contributed by atoms with Crippen LogP contribution in [0.1, 0.15) is 57.3 Å². The van der Waals surface area contributed by atoms with Crippen molar-refractivity contribution in [2.45, 2.75) is 74.9 Å². The monoisotopic (exact) mass is 573 g/mol. The fraction of sp³-hybridized carbons (Fsp3) is 0.519. The van der Waals surface area contributed by atoms with Gasteiger partial charge in [-0.05, 0) is 60.9 Å². The van der Waals surface area contributed by atoms with Gasteiger partial charge in [-0.1, -0.05) is 45.7 Å². The zero-order valence-electron chi connectivity index (χ0n) is 21.7. The minimum Gasteiger partial charge on any atom is -0.390 e. The third-order valence-corrected chi connectivity index (χ3v) is 10.4. The van der Waals surface area contributed by atoms with Crippen molar-refractivity contribution in [1.29, 1.82) is 0 Å². The molecule has 7 nitrogen and oxygen atoms in total. The largest absolute Gasteiger partial charge is 0.390 e. The van der Waals surface area contributed by atoms with Gasteiger partial charge in [0.1, 0.15) is 6.10 Å². The lowest BCUT2D eigenvalue weighted by Gasteiger charge is -2.51. The highest BCUT2D eigenvalue weighted by Gasteiger charge is 2.55. The molecule has 11 heteroatoms. The third-order valence-electron chi connectivity index (χ3n) is 7.70. The maximum absolute atomic E-state index is 13.8. The summed E-state index contributed by atoms with van der Waals surface area (Å²) in [6, 6.07) is 6.56. The normalized spacial score (nSPS) is 25.7. The van der Waals surface area contributed by atoms with E-state index in [2.05, 4.69) is 5.32 Å². The molecule has 2 aromatic rings. The molecular formula is C27H34ClF2NO6S. The van der Waals surface area contributed by atoms with Crippen LogP contribution in [0.4, 0.5) is 14.5 Å². The van der Waals surface area contributed by atoms with Crippen LogP contribution in [0.15, 0.2) is 41.3 Å². The number of anilines is 1. The number of aliphatic hydroxyl groups excluding tert-OH is 2. The highest BCUT2D eigenvalue weighted by Crippen LogP contribution is 2.47. The third kappa shape index (κ3) is 5.74. The van der Waals surface area contributed by atoms with E-state index in [0.29, 0.717) is 6.42 Å². The Morgan fingerprint density at radius 1 is 1.13 bits per heavy atom. The van der Waals surface area contributed by atoms with Crippen molar-refractivity contribution in [2.75, 3.05) is 5.32 Å². The lowest BCUT2D eigenvalue weighted by atomic mass is 9.63. The van der Waals surface area contributed by atoms with Gasteiger partial charge in [-0.25, -0.2) is 17.2 Å². The van der Waals surface area contributed by atoms with Gasteiger partial charge in [0.25, 0.3) is 5.91 Å². The molecule has 1 fully saturated rings. The van der Waals surface area contributed by atoms with Gasteiger partial charge in [-0.15, -0.1) is 0 Å². The predicted octanol–water partition coefficient (Wildman–Crippen LogP) is 4.58. The number of benzene rings is 2. The quantitative estimate of drug-likeness (QED) is 0.366. The molecule has 1 aliphatic rings. The van der Waals surface area contributed by atoms with Crippen LogP contribution in [0, 0.1) is 29.4 Å². The van der Waals surface area contributed by atoms with E-state index in [1.807, 2.05) is 0 Å². The number of carbonyl (C=O) groups excluding carboxylic acids is 1. The summed E-state index contributed by atoms with van der Waals surface area (Å²) < 4.78 is 54.2. The molecule has 0 radical (unpaired) electrons. The van der Waals surface area contributed by atoms with Crippen LogP contribution >= 0.6 is 11.6 Å². The Morgan fingerprint density at radius 3 is 2.37 bits per heavy atom. The van der Waals surface area contributed by atoms with Crippen LogP contribution in [0.25, 0.3) is 0 Å². The SMILES string of the molecule is CC[C@@H]1C[C@@H](S(=O)(=O)c2cc(C(=O)Nc3ccc(F)c(F)c3)ccc2Cl)C[C@H](C)[C@@]1(O)[C@H](O)[C@@H](O)C(C)C. The second-order valence-electron chi connectivity index (χ2n) is 10.4. The smallest absolute Gasteiger partial charge is 0.255 e. The predicted molar refractivity (Wildman–Crippen MR) is 141 cm³/mol. The van der Waals surface area contributed by atoms with Crippen molar-refractivity contribution in [2.24, 2.45) is 17.8 Å². The number of sulfone groups is 1. The Kier molecular flexibility index (Phi) is 9.25. The van der Waals surface area contributed by atoms with E-state index in [9.17, 15) is 37.3 Å². The average Bonchev–Trinajstić information content (AvgIpc) is 2.86. The van der Waals surface area contributed by atoms with Crippen LogP contribution in [-0.4, -0.2) is 52.7 Å². The Hall–Kier alpha value is -2.11. The van der Waals surface area contributed by atoms with E-state index < -0.39 is 62.3 Å². The Bertz CT molecular complexity index is 1290. The lowest BCUT2D eigenvalue weighted by molar-refractivity contribution is -0.199. The van der Waals surface area contributed by atoms with Gasteiger partial charge in [0.05, 0.1) is 26.9 Å². The molecule has 6 atom stereocenters. The number of hydrogen-bond acceptors (Lipinski definition) is 6. The van der Waals surface area contributed by atoms with Gasteiger partial charge < -0.3 is 20.6 Å². The number of aliphatic hydroxyl groups is 3. The van der Waals surface area contributed by atoms with E-state index in [-0.39, 0.29) is 39.9 Å². The molecule has 2 aromatic carbocycles. The fourth-order valence-corrected chi connectivity index (χ4v) is 7.78. The molecule has 1 amide bonds. The van der Waals surface area contributed by atoms with Crippen molar-refractivity contribution >= 4 is 33.0 Å².